The van der Waals surface area contributed by atoms with Gasteiger partial charge in [-0.25, -0.2) is 5.11 Å². The van der Waals surface area contributed by atoms with Gasteiger partial charge < -0.3 is 0 Å². The lowest BCUT2D eigenvalue weighted by atomic mass is 9.86. The maximum atomic E-state index is 10.6. The molecule has 0 saturated carbocycles. The monoisotopic (exact) mass is 177 g/mol. The maximum absolute atomic E-state index is 10.6. The van der Waals surface area contributed by atoms with Gasteiger partial charge in [0.15, 0.2) is 0 Å². The van der Waals surface area contributed by atoms with Gasteiger partial charge in [-0.1, -0.05) is 44.2 Å². The highest BCUT2D eigenvalue weighted by Gasteiger charge is 2.14. The zero-order valence-electron chi connectivity index (χ0n) is 8.36. The zero-order chi connectivity index (χ0) is 9.68. The highest BCUT2D eigenvalue weighted by molar-refractivity contribution is 5.19. The molecular formula is C12H17O. The minimum absolute atomic E-state index is 0.0255. The molecule has 1 heteroatoms. The normalized spacial score (nSPS) is 13.2. The third-order valence-electron chi connectivity index (χ3n) is 2.46. The Labute approximate surface area is 80.4 Å². The van der Waals surface area contributed by atoms with Crippen LogP contribution in [0.4, 0.5) is 0 Å². The van der Waals surface area contributed by atoms with Crippen molar-refractivity contribution in [1.29, 1.82) is 0 Å². The van der Waals surface area contributed by atoms with Crippen molar-refractivity contribution in [3.05, 3.63) is 35.9 Å². The zero-order valence-corrected chi connectivity index (χ0v) is 8.36. The van der Waals surface area contributed by atoms with E-state index in [1.165, 1.54) is 5.56 Å². The number of rotatable bonds is 4. The average molecular weight is 177 g/mol. The standard InChI is InChI=1S/C12H17O/c1-10(2)12(8-9-13)11-6-4-3-5-7-11/h3-7,10,12H,8-9H2,1-2H3. The summed E-state index contributed by atoms with van der Waals surface area (Å²) in [5.74, 6) is 0.982. The van der Waals surface area contributed by atoms with E-state index in [1.807, 2.05) is 18.2 Å². The van der Waals surface area contributed by atoms with Gasteiger partial charge in [0.1, 0.15) is 0 Å². The van der Waals surface area contributed by atoms with Crippen LogP contribution in [0.1, 0.15) is 31.7 Å². The van der Waals surface area contributed by atoms with Crippen LogP contribution in [0.25, 0.3) is 0 Å². The Kier molecular flexibility index (Phi) is 3.97. The van der Waals surface area contributed by atoms with Gasteiger partial charge in [-0.15, -0.1) is 0 Å². The quantitative estimate of drug-likeness (QED) is 0.672. The first-order chi connectivity index (χ1) is 6.25. The van der Waals surface area contributed by atoms with Gasteiger partial charge in [-0.2, -0.15) is 0 Å². The smallest absolute Gasteiger partial charge is 0.0828 e. The van der Waals surface area contributed by atoms with Gasteiger partial charge in [0.25, 0.3) is 0 Å². The lowest BCUT2D eigenvalue weighted by molar-refractivity contribution is 0.174. The molecule has 0 fully saturated rings. The predicted octanol–water partition coefficient (Wildman–Crippen LogP) is 3.25. The van der Waals surface area contributed by atoms with Gasteiger partial charge >= 0.3 is 0 Å². The van der Waals surface area contributed by atoms with Crippen LogP contribution >= 0.6 is 0 Å². The fourth-order valence-electron chi connectivity index (χ4n) is 1.71. The summed E-state index contributed by atoms with van der Waals surface area (Å²) in [6.45, 7) is 4.37. The van der Waals surface area contributed by atoms with Crippen LogP contribution < -0.4 is 0 Å². The van der Waals surface area contributed by atoms with Crippen LogP contribution in [0.5, 0.6) is 0 Å². The van der Waals surface area contributed by atoms with E-state index in [1.54, 1.807) is 0 Å². The van der Waals surface area contributed by atoms with Crippen molar-refractivity contribution < 1.29 is 5.11 Å². The molecule has 0 heterocycles. The molecule has 1 radical (unpaired) electrons. The largest absolute Gasteiger partial charge is 0.237 e. The van der Waals surface area contributed by atoms with Crippen LogP contribution in [0.15, 0.2) is 30.3 Å². The Bertz CT molecular complexity index is 228. The fraction of sp³-hybridized carbons (Fsp3) is 0.500. The molecule has 1 unspecified atom stereocenters. The first-order valence-corrected chi connectivity index (χ1v) is 4.88. The Morgan fingerprint density at radius 1 is 1.15 bits per heavy atom. The molecule has 1 aromatic carbocycles. The van der Waals surface area contributed by atoms with Gasteiger partial charge in [-0.05, 0) is 23.8 Å². The van der Waals surface area contributed by atoms with E-state index in [9.17, 15) is 5.11 Å². The second kappa shape index (κ2) is 5.03. The minimum Gasteiger partial charge on any atom is -0.237 e. The van der Waals surface area contributed by atoms with Crippen LogP contribution in [-0.4, -0.2) is 6.61 Å². The van der Waals surface area contributed by atoms with E-state index in [0.29, 0.717) is 11.8 Å². The van der Waals surface area contributed by atoms with Crippen molar-refractivity contribution >= 4 is 0 Å². The van der Waals surface area contributed by atoms with Crippen LogP contribution in [0.2, 0.25) is 0 Å². The van der Waals surface area contributed by atoms with Gasteiger partial charge in [0, 0.05) is 0 Å². The van der Waals surface area contributed by atoms with Crippen LogP contribution in [0, 0.1) is 5.92 Å². The van der Waals surface area contributed by atoms with Crippen LogP contribution in [0.3, 0.4) is 0 Å². The molecule has 1 aromatic rings. The molecule has 0 aromatic heterocycles. The molecule has 0 bridgehead atoms. The molecular weight excluding hydrogens is 160 g/mol. The van der Waals surface area contributed by atoms with Crippen molar-refractivity contribution in [2.45, 2.75) is 26.2 Å². The van der Waals surface area contributed by atoms with Crippen molar-refractivity contribution in [3.8, 4) is 0 Å². The van der Waals surface area contributed by atoms with Gasteiger partial charge in [0.05, 0.1) is 6.61 Å². The van der Waals surface area contributed by atoms with Crippen molar-refractivity contribution in [3.63, 3.8) is 0 Å². The summed E-state index contributed by atoms with van der Waals surface area (Å²) in [6.07, 6.45) is 0.752. The molecule has 1 nitrogen and oxygen atoms in total. The summed E-state index contributed by atoms with van der Waals surface area (Å²) in [6, 6.07) is 10.3. The van der Waals surface area contributed by atoms with Crippen molar-refractivity contribution in [2.75, 3.05) is 6.61 Å². The molecule has 71 valence electrons. The number of hydrogen-bond acceptors (Lipinski definition) is 0. The average Bonchev–Trinajstić information content (AvgIpc) is 2.15. The Morgan fingerprint density at radius 2 is 1.77 bits per heavy atom. The van der Waals surface area contributed by atoms with E-state index < -0.39 is 0 Å². The van der Waals surface area contributed by atoms with Gasteiger partial charge in [-0.3, -0.25) is 0 Å². The van der Waals surface area contributed by atoms with E-state index in [4.69, 9.17) is 0 Å². The highest BCUT2D eigenvalue weighted by Crippen LogP contribution is 2.26. The Morgan fingerprint density at radius 3 is 2.23 bits per heavy atom. The molecule has 0 N–H and O–H groups in total. The summed E-state index contributed by atoms with van der Waals surface area (Å²) in [4.78, 5) is 0. The topological polar surface area (TPSA) is 19.9 Å². The molecule has 13 heavy (non-hydrogen) atoms. The fourth-order valence-corrected chi connectivity index (χ4v) is 1.71. The molecule has 0 aliphatic rings. The molecule has 0 amide bonds. The van der Waals surface area contributed by atoms with E-state index in [0.717, 1.165) is 6.42 Å². The summed E-state index contributed by atoms with van der Waals surface area (Å²) < 4.78 is 0. The molecule has 1 rings (SSSR count). The third kappa shape index (κ3) is 2.85. The molecule has 0 aliphatic carbocycles. The lowest BCUT2D eigenvalue weighted by Gasteiger charge is -2.19. The summed E-state index contributed by atoms with van der Waals surface area (Å²) in [5.41, 5.74) is 1.30. The molecule has 0 saturated heterocycles. The highest BCUT2D eigenvalue weighted by atomic mass is 16.3. The SMILES string of the molecule is CC(C)C(CC[O])c1ccccc1. The molecule has 1 atom stereocenters. The summed E-state index contributed by atoms with van der Waals surface area (Å²) in [5, 5.41) is 10.6. The Balaban J connectivity index is 2.76. The third-order valence-corrected chi connectivity index (χ3v) is 2.46. The first-order valence-electron chi connectivity index (χ1n) is 4.88. The van der Waals surface area contributed by atoms with E-state index in [-0.39, 0.29) is 6.61 Å². The van der Waals surface area contributed by atoms with Crippen LogP contribution in [-0.2, 0) is 5.11 Å². The lowest BCUT2D eigenvalue weighted by Crippen LogP contribution is -2.08. The minimum atomic E-state index is 0.0255. The van der Waals surface area contributed by atoms with Crippen molar-refractivity contribution in [1.82, 2.24) is 0 Å². The predicted molar refractivity (Wildman–Crippen MR) is 54.2 cm³/mol. The van der Waals surface area contributed by atoms with Gasteiger partial charge in [0.2, 0.25) is 0 Å². The molecule has 0 spiro atoms. The van der Waals surface area contributed by atoms with E-state index in [2.05, 4.69) is 26.0 Å². The second-order valence-corrected chi connectivity index (χ2v) is 3.75. The maximum Gasteiger partial charge on any atom is 0.0828 e. The molecule has 0 aliphatic heterocycles. The van der Waals surface area contributed by atoms with E-state index >= 15 is 0 Å². The first kappa shape index (κ1) is 10.3. The number of hydrogen-bond donors (Lipinski definition) is 0. The summed E-state index contributed by atoms with van der Waals surface area (Å²) >= 11 is 0. The van der Waals surface area contributed by atoms with Crippen molar-refractivity contribution in [2.24, 2.45) is 5.92 Å². The summed E-state index contributed by atoms with van der Waals surface area (Å²) in [7, 11) is 0. The number of benzene rings is 1. The second-order valence-electron chi connectivity index (χ2n) is 3.75. The Hall–Kier alpha value is -0.820.